The molecular formula is C15H18FN3. The van der Waals surface area contributed by atoms with Gasteiger partial charge in [0, 0.05) is 18.7 Å². The topological polar surface area (TPSA) is 37.8 Å². The highest BCUT2D eigenvalue weighted by Crippen LogP contribution is 2.09. The first-order chi connectivity index (χ1) is 9.17. The Hall–Kier alpha value is -1.81. The maximum Gasteiger partial charge on any atom is 0.133 e. The van der Waals surface area contributed by atoms with E-state index in [4.69, 9.17) is 0 Å². The van der Waals surface area contributed by atoms with E-state index in [1.807, 2.05) is 13.0 Å². The first-order valence-electron chi connectivity index (χ1n) is 6.46. The van der Waals surface area contributed by atoms with Crippen molar-refractivity contribution in [3.63, 3.8) is 0 Å². The lowest BCUT2D eigenvalue weighted by atomic mass is 10.1. The second-order valence-corrected chi connectivity index (χ2v) is 4.50. The van der Waals surface area contributed by atoms with Crippen LogP contribution < -0.4 is 5.32 Å². The van der Waals surface area contributed by atoms with Crippen molar-refractivity contribution in [3.05, 3.63) is 58.9 Å². The van der Waals surface area contributed by atoms with Crippen LogP contribution in [0, 0.1) is 12.7 Å². The van der Waals surface area contributed by atoms with Crippen LogP contribution in [0.5, 0.6) is 0 Å². The minimum atomic E-state index is -0.221. The smallest absolute Gasteiger partial charge is 0.133 e. The van der Waals surface area contributed by atoms with Crippen molar-refractivity contribution in [1.82, 2.24) is 15.3 Å². The van der Waals surface area contributed by atoms with Crippen molar-refractivity contribution in [2.75, 3.05) is 6.54 Å². The summed E-state index contributed by atoms with van der Waals surface area (Å²) in [5, 5.41) is 3.25. The molecule has 0 unspecified atom stereocenters. The van der Waals surface area contributed by atoms with E-state index in [1.54, 1.807) is 12.1 Å². The van der Waals surface area contributed by atoms with Crippen molar-refractivity contribution >= 4 is 0 Å². The van der Waals surface area contributed by atoms with Gasteiger partial charge in [0.05, 0.1) is 5.69 Å². The molecular weight excluding hydrogens is 241 g/mol. The Morgan fingerprint density at radius 3 is 2.58 bits per heavy atom. The summed E-state index contributed by atoms with van der Waals surface area (Å²) in [7, 11) is 0. The zero-order valence-electron chi connectivity index (χ0n) is 11.3. The standard InChI is InChI=1S/C15H18FN3/c1-3-17-10-14-8-11(2)18-15(19-14)9-12-4-6-13(16)7-5-12/h4-8,17H,3,9-10H2,1-2H3. The normalized spacial score (nSPS) is 10.7. The van der Waals surface area contributed by atoms with E-state index in [9.17, 15) is 4.39 Å². The third-order valence-corrected chi connectivity index (χ3v) is 2.79. The van der Waals surface area contributed by atoms with Gasteiger partial charge in [-0.05, 0) is 37.2 Å². The van der Waals surface area contributed by atoms with Gasteiger partial charge in [0.25, 0.3) is 0 Å². The number of nitrogens with zero attached hydrogens (tertiary/aromatic N) is 2. The summed E-state index contributed by atoms with van der Waals surface area (Å²) in [6.07, 6.45) is 0.626. The maximum atomic E-state index is 12.9. The molecule has 2 rings (SSSR count). The summed E-state index contributed by atoms with van der Waals surface area (Å²) in [5.41, 5.74) is 2.97. The summed E-state index contributed by atoms with van der Waals surface area (Å²) in [5.74, 6) is 0.557. The Morgan fingerprint density at radius 2 is 1.89 bits per heavy atom. The molecule has 2 aromatic rings. The number of hydrogen-bond acceptors (Lipinski definition) is 3. The average molecular weight is 259 g/mol. The zero-order valence-corrected chi connectivity index (χ0v) is 11.3. The molecule has 0 spiro atoms. The first-order valence-corrected chi connectivity index (χ1v) is 6.46. The third kappa shape index (κ3) is 4.10. The van der Waals surface area contributed by atoms with Gasteiger partial charge in [-0.3, -0.25) is 0 Å². The zero-order chi connectivity index (χ0) is 13.7. The molecule has 1 heterocycles. The Bertz CT molecular complexity index is 538. The maximum absolute atomic E-state index is 12.9. The average Bonchev–Trinajstić information content (AvgIpc) is 2.38. The van der Waals surface area contributed by atoms with Crippen LogP contribution in [0.2, 0.25) is 0 Å². The molecule has 1 aromatic carbocycles. The van der Waals surface area contributed by atoms with Gasteiger partial charge in [0.1, 0.15) is 11.6 Å². The predicted octanol–water partition coefficient (Wildman–Crippen LogP) is 2.62. The molecule has 1 N–H and O–H groups in total. The minimum absolute atomic E-state index is 0.221. The van der Waals surface area contributed by atoms with Gasteiger partial charge < -0.3 is 5.32 Å². The molecule has 0 fully saturated rings. The molecule has 100 valence electrons. The van der Waals surface area contributed by atoms with E-state index in [0.717, 1.165) is 35.9 Å². The van der Waals surface area contributed by atoms with E-state index in [1.165, 1.54) is 12.1 Å². The molecule has 0 amide bonds. The molecule has 0 aliphatic carbocycles. The van der Waals surface area contributed by atoms with E-state index in [-0.39, 0.29) is 5.82 Å². The minimum Gasteiger partial charge on any atom is -0.311 e. The molecule has 0 radical (unpaired) electrons. The summed E-state index contributed by atoms with van der Waals surface area (Å²) >= 11 is 0. The molecule has 0 atom stereocenters. The van der Waals surface area contributed by atoms with Crippen LogP contribution in [0.3, 0.4) is 0 Å². The number of aromatic nitrogens is 2. The first kappa shape index (κ1) is 13.6. The van der Waals surface area contributed by atoms with Crippen LogP contribution in [0.25, 0.3) is 0 Å². The van der Waals surface area contributed by atoms with Gasteiger partial charge in [-0.2, -0.15) is 0 Å². The van der Waals surface area contributed by atoms with Gasteiger partial charge in [-0.25, -0.2) is 14.4 Å². The van der Waals surface area contributed by atoms with E-state index < -0.39 is 0 Å². The second kappa shape index (κ2) is 6.38. The lowest BCUT2D eigenvalue weighted by molar-refractivity contribution is 0.627. The van der Waals surface area contributed by atoms with Crippen molar-refractivity contribution < 1.29 is 4.39 Å². The van der Waals surface area contributed by atoms with Crippen LogP contribution in [-0.2, 0) is 13.0 Å². The fourth-order valence-corrected chi connectivity index (χ4v) is 1.91. The second-order valence-electron chi connectivity index (χ2n) is 4.50. The monoisotopic (exact) mass is 259 g/mol. The SMILES string of the molecule is CCNCc1cc(C)nc(Cc2ccc(F)cc2)n1. The highest BCUT2D eigenvalue weighted by atomic mass is 19.1. The fourth-order valence-electron chi connectivity index (χ4n) is 1.91. The largest absolute Gasteiger partial charge is 0.311 e. The van der Waals surface area contributed by atoms with Crippen molar-refractivity contribution in [2.45, 2.75) is 26.8 Å². The Balaban J connectivity index is 2.15. The predicted molar refractivity (Wildman–Crippen MR) is 73.4 cm³/mol. The molecule has 4 heteroatoms. The van der Waals surface area contributed by atoms with Crippen LogP contribution in [0.4, 0.5) is 4.39 Å². The molecule has 19 heavy (non-hydrogen) atoms. The van der Waals surface area contributed by atoms with E-state index in [0.29, 0.717) is 6.42 Å². The van der Waals surface area contributed by atoms with Crippen LogP contribution in [0.15, 0.2) is 30.3 Å². The van der Waals surface area contributed by atoms with Crippen LogP contribution >= 0.6 is 0 Å². The summed E-state index contributed by atoms with van der Waals surface area (Å²) < 4.78 is 12.9. The Morgan fingerprint density at radius 1 is 1.16 bits per heavy atom. The number of rotatable bonds is 5. The number of benzene rings is 1. The van der Waals surface area contributed by atoms with Gasteiger partial charge >= 0.3 is 0 Å². The van der Waals surface area contributed by atoms with Gasteiger partial charge in [-0.15, -0.1) is 0 Å². The van der Waals surface area contributed by atoms with Crippen molar-refractivity contribution in [3.8, 4) is 0 Å². The number of hydrogen-bond donors (Lipinski definition) is 1. The Labute approximate surface area is 112 Å². The lowest BCUT2D eigenvalue weighted by Gasteiger charge is -2.06. The van der Waals surface area contributed by atoms with Crippen LogP contribution in [-0.4, -0.2) is 16.5 Å². The van der Waals surface area contributed by atoms with E-state index >= 15 is 0 Å². The van der Waals surface area contributed by atoms with Gasteiger partial charge in [0.15, 0.2) is 0 Å². The van der Waals surface area contributed by atoms with Crippen LogP contribution in [0.1, 0.15) is 29.7 Å². The molecule has 0 saturated carbocycles. The highest BCUT2D eigenvalue weighted by molar-refractivity contribution is 5.21. The number of halogens is 1. The molecule has 3 nitrogen and oxygen atoms in total. The molecule has 0 bridgehead atoms. The molecule has 0 aliphatic rings. The summed E-state index contributed by atoms with van der Waals surface area (Å²) in [6.45, 7) is 5.69. The quantitative estimate of drug-likeness (QED) is 0.897. The number of aryl methyl sites for hydroxylation is 1. The van der Waals surface area contributed by atoms with Crippen molar-refractivity contribution in [2.24, 2.45) is 0 Å². The fraction of sp³-hybridized carbons (Fsp3) is 0.333. The van der Waals surface area contributed by atoms with E-state index in [2.05, 4.69) is 22.2 Å². The molecule has 1 aromatic heterocycles. The lowest BCUT2D eigenvalue weighted by Crippen LogP contribution is -2.14. The van der Waals surface area contributed by atoms with Gasteiger partial charge in [0.2, 0.25) is 0 Å². The molecule has 0 saturated heterocycles. The van der Waals surface area contributed by atoms with Crippen molar-refractivity contribution in [1.29, 1.82) is 0 Å². The molecule has 0 aliphatic heterocycles. The summed E-state index contributed by atoms with van der Waals surface area (Å²) in [6, 6.07) is 8.45. The highest BCUT2D eigenvalue weighted by Gasteiger charge is 2.04. The van der Waals surface area contributed by atoms with Gasteiger partial charge in [-0.1, -0.05) is 19.1 Å². The Kier molecular flexibility index (Phi) is 4.58. The summed E-state index contributed by atoms with van der Waals surface area (Å²) in [4.78, 5) is 8.95. The number of nitrogens with one attached hydrogen (secondary N) is 1. The third-order valence-electron chi connectivity index (χ3n) is 2.79.